The first-order valence-corrected chi connectivity index (χ1v) is 7.45. The van der Waals surface area contributed by atoms with E-state index in [-0.39, 0.29) is 0 Å². The van der Waals surface area contributed by atoms with Crippen molar-refractivity contribution >= 4 is 11.3 Å². The number of nitrogens with zero attached hydrogens (tertiary/aromatic N) is 2. The van der Waals surface area contributed by atoms with Gasteiger partial charge in [0.1, 0.15) is 0 Å². The van der Waals surface area contributed by atoms with Crippen molar-refractivity contribution in [3.8, 4) is 0 Å². The Morgan fingerprint density at radius 2 is 2.24 bits per heavy atom. The molecule has 17 heavy (non-hydrogen) atoms. The molecule has 4 heteroatoms. The van der Waals surface area contributed by atoms with Crippen LogP contribution in [-0.4, -0.2) is 36.1 Å². The van der Waals surface area contributed by atoms with E-state index in [1.807, 2.05) is 5.51 Å². The fourth-order valence-electron chi connectivity index (χ4n) is 2.40. The molecule has 0 radical (unpaired) electrons. The van der Waals surface area contributed by atoms with E-state index in [0.717, 1.165) is 19.0 Å². The first-order valence-electron chi connectivity index (χ1n) is 6.57. The van der Waals surface area contributed by atoms with Gasteiger partial charge < -0.3 is 10.2 Å². The van der Waals surface area contributed by atoms with Gasteiger partial charge in [0.05, 0.1) is 11.2 Å². The van der Waals surface area contributed by atoms with Crippen molar-refractivity contribution < 1.29 is 0 Å². The number of aryl methyl sites for hydroxylation is 1. The Morgan fingerprint density at radius 3 is 2.88 bits per heavy atom. The highest BCUT2D eigenvalue weighted by atomic mass is 32.1. The fraction of sp³-hybridized carbons (Fsp3) is 0.769. The number of hydrogen-bond acceptors (Lipinski definition) is 4. The molecule has 96 valence electrons. The molecular weight excluding hydrogens is 230 g/mol. The third-order valence-electron chi connectivity index (χ3n) is 3.39. The Balaban J connectivity index is 1.62. The van der Waals surface area contributed by atoms with Gasteiger partial charge in [0.25, 0.3) is 0 Å². The van der Waals surface area contributed by atoms with Gasteiger partial charge in [-0.05, 0) is 45.3 Å². The second-order valence-electron chi connectivity index (χ2n) is 5.10. The lowest BCUT2D eigenvalue weighted by Gasteiger charge is -2.20. The zero-order valence-corrected chi connectivity index (χ0v) is 11.7. The predicted molar refractivity (Wildman–Crippen MR) is 73.4 cm³/mol. The minimum absolute atomic E-state index is 0.737. The molecule has 0 aromatic carbocycles. The van der Waals surface area contributed by atoms with E-state index < -0.39 is 0 Å². The molecule has 1 saturated heterocycles. The number of nitrogens with one attached hydrogen (secondary N) is 1. The molecule has 0 aliphatic carbocycles. The van der Waals surface area contributed by atoms with Crippen molar-refractivity contribution in [2.24, 2.45) is 5.92 Å². The lowest BCUT2D eigenvalue weighted by atomic mass is 10.1. The van der Waals surface area contributed by atoms with Gasteiger partial charge >= 0.3 is 0 Å². The van der Waals surface area contributed by atoms with E-state index in [4.69, 9.17) is 0 Å². The SMILES string of the molecule is Cc1ncsc1CNCC(C)CN1CCCC1. The minimum atomic E-state index is 0.737. The highest BCUT2D eigenvalue weighted by Crippen LogP contribution is 2.12. The van der Waals surface area contributed by atoms with Crippen LogP contribution >= 0.6 is 11.3 Å². The van der Waals surface area contributed by atoms with Crippen LogP contribution in [0.5, 0.6) is 0 Å². The molecule has 2 rings (SSSR count). The van der Waals surface area contributed by atoms with Crippen molar-refractivity contribution in [2.45, 2.75) is 33.2 Å². The van der Waals surface area contributed by atoms with E-state index in [9.17, 15) is 0 Å². The Morgan fingerprint density at radius 1 is 1.47 bits per heavy atom. The molecule has 1 fully saturated rings. The van der Waals surface area contributed by atoms with Gasteiger partial charge in [0.2, 0.25) is 0 Å². The summed E-state index contributed by atoms with van der Waals surface area (Å²) in [5.41, 5.74) is 3.11. The van der Waals surface area contributed by atoms with Gasteiger partial charge in [0, 0.05) is 18.0 Å². The molecule has 1 aliphatic heterocycles. The zero-order chi connectivity index (χ0) is 12.1. The summed E-state index contributed by atoms with van der Waals surface area (Å²) >= 11 is 1.75. The smallest absolute Gasteiger partial charge is 0.0798 e. The third-order valence-corrected chi connectivity index (χ3v) is 4.33. The summed E-state index contributed by atoms with van der Waals surface area (Å²) in [5, 5.41) is 3.55. The molecule has 1 aromatic heterocycles. The van der Waals surface area contributed by atoms with Crippen LogP contribution in [0, 0.1) is 12.8 Å². The third kappa shape index (κ3) is 4.05. The number of thiazole rings is 1. The van der Waals surface area contributed by atoms with Crippen LogP contribution in [-0.2, 0) is 6.54 Å². The normalized spacial score (nSPS) is 18.7. The van der Waals surface area contributed by atoms with Crippen LogP contribution in [0.3, 0.4) is 0 Å². The van der Waals surface area contributed by atoms with E-state index in [1.54, 1.807) is 11.3 Å². The second kappa shape index (κ2) is 6.47. The minimum Gasteiger partial charge on any atom is -0.311 e. The van der Waals surface area contributed by atoms with E-state index in [0.29, 0.717) is 0 Å². The lowest BCUT2D eigenvalue weighted by molar-refractivity contribution is 0.282. The quantitative estimate of drug-likeness (QED) is 0.843. The monoisotopic (exact) mass is 253 g/mol. The summed E-state index contributed by atoms with van der Waals surface area (Å²) in [4.78, 5) is 8.23. The Bertz CT molecular complexity index is 331. The van der Waals surface area contributed by atoms with E-state index in [1.165, 1.54) is 43.0 Å². The van der Waals surface area contributed by atoms with Crippen molar-refractivity contribution in [3.05, 3.63) is 16.1 Å². The largest absolute Gasteiger partial charge is 0.311 e. The summed E-state index contributed by atoms with van der Waals surface area (Å²) in [6.07, 6.45) is 2.78. The zero-order valence-electron chi connectivity index (χ0n) is 10.9. The van der Waals surface area contributed by atoms with E-state index >= 15 is 0 Å². The van der Waals surface area contributed by atoms with Gasteiger partial charge in [-0.1, -0.05) is 6.92 Å². The van der Waals surface area contributed by atoms with Crippen LogP contribution in [0.2, 0.25) is 0 Å². The highest BCUT2D eigenvalue weighted by Gasteiger charge is 2.14. The molecular formula is C13H23N3S. The van der Waals surface area contributed by atoms with Crippen molar-refractivity contribution in [2.75, 3.05) is 26.2 Å². The maximum atomic E-state index is 4.27. The fourth-order valence-corrected chi connectivity index (χ4v) is 3.15. The molecule has 0 spiro atoms. The maximum Gasteiger partial charge on any atom is 0.0798 e. The Kier molecular flexibility index (Phi) is 4.95. The molecule has 2 heterocycles. The van der Waals surface area contributed by atoms with Crippen LogP contribution in [0.15, 0.2) is 5.51 Å². The molecule has 1 N–H and O–H groups in total. The average molecular weight is 253 g/mol. The Hall–Kier alpha value is -0.450. The van der Waals surface area contributed by atoms with Crippen LogP contribution < -0.4 is 5.32 Å². The van der Waals surface area contributed by atoms with Gasteiger partial charge in [-0.15, -0.1) is 11.3 Å². The number of hydrogen-bond donors (Lipinski definition) is 1. The predicted octanol–water partition coefficient (Wildman–Crippen LogP) is 2.27. The summed E-state index contributed by atoms with van der Waals surface area (Å²) in [6, 6.07) is 0. The van der Waals surface area contributed by atoms with Crippen molar-refractivity contribution in [3.63, 3.8) is 0 Å². The summed E-state index contributed by atoms with van der Waals surface area (Å²) in [5.74, 6) is 0.737. The summed E-state index contributed by atoms with van der Waals surface area (Å²) in [7, 11) is 0. The molecule has 3 nitrogen and oxygen atoms in total. The molecule has 0 bridgehead atoms. The molecule has 1 aromatic rings. The number of rotatable bonds is 6. The van der Waals surface area contributed by atoms with Crippen LogP contribution in [0.1, 0.15) is 30.3 Å². The first-order chi connectivity index (χ1) is 8.25. The second-order valence-corrected chi connectivity index (χ2v) is 6.04. The van der Waals surface area contributed by atoms with Crippen molar-refractivity contribution in [1.82, 2.24) is 15.2 Å². The van der Waals surface area contributed by atoms with Crippen LogP contribution in [0.4, 0.5) is 0 Å². The summed E-state index contributed by atoms with van der Waals surface area (Å²) < 4.78 is 0. The van der Waals surface area contributed by atoms with Gasteiger partial charge in [-0.3, -0.25) is 0 Å². The molecule has 0 amide bonds. The molecule has 1 aliphatic rings. The Labute approximate surface area is 108 Å². The van der Waals surface area contributed by atoms with Gasteiger partial charge in [-0.25, -0.2) is 4.98 Å². The van der Waals surface area contributed by atoms with Crippen LogP contribution in [0.25, 0.3) is 0 Å². The highest BCUT2D eigenvalue weighted by molar-refractivity contribution is 7.09. The number of aromatic nitrogens is 1. The number of likely N-dealkylation sites (tertiary alicyclic amines) is 1. The van der Waals surface area contributed by atoms with Crippen molar-refractivity contribution in [1.29, 1.82) is 0 Å². The summed E-state index contributed by atoms with van der Waals surface area (Å²) in [6.45, 7) is 10.4. The van der Waals surface area contributed by atoms with Gasteiger partial charge in [0.15, 0.2) is 0 Å². The standard InChI is InChI=1S/C13H23N3S/c1-11(9-16-5-3-4-6-16)7-14-8-13-12(2)15-10-17-13/h10-11,14H,3-9H2,1-2H3. The first kappa shape index (κ1) is 13.0. The molecule has 0 saturated carbocycles. The van der Waals surface area contributed by atoms with Gasteiger partial charge in [-0.2, -0.15) is 0 Å². The topological polar surface area (TPSA) is 28.2 Å². The van der Waals surface area contributed by atoms with E-state index in [2.05, 4.69) is 29.0 Å². The lowest BCUT2D eigenvalue weighted by Crippen LogP contribution is -2.31. The maximum absolute atomic E-state index is 4.27. The average Bonchev–Trinajstić information content (AvgIpc) is 2.91. The molecule has 1 unspecified atom stereocenters. The molecule has 1 atom stereocenters.